The molecule has 3 rings (SSSR count). The van der Waals surface area contributed by atoms with Crippen LogP contribution >= 0.6 is 0 Å². The van der Waals surface area contributed by atoms with Crippen LogP contribution in [0.3, 0.4) is 0 Å². The average molecular weight is 292 g/mol. The Bertz CT molecular complexity index is 655. The van der Waals surface area contributed by atoms with Gasteiger partial charge in [0.1, 0.15) is 5.75 Å². The van der Waals surface area contributed by atoms with Gasteiger partial charge in [-0.15, -0.1) is 0 Å². The Labute approximate surface area is 131 Å². The molecular weight excluding hydrogens is 272 g/mol. The first-order valence-electron chi connectivity index (χ1n) is 7.67. The van der Waals surface area contributed by atoms with Gasteiger partial charge in [0.05, 0.1) is 18.7 Å². The number of hydrogen-bond acceptors (Lipinski definition) is 3. The summed E-state index contributed by atoms with van der Waals surface area (Å²) in [5.41, 5.74) is 3.34. The van der Waals surface area contributed by atoms with Crippen molar-refractivity contribution in [1.82, 2.24) is 4.90 Å². The van der Waals surface area contributed by atoms with Crippen LogP contribution in [0.25, 0.3) is 0 Å². The molecule has 1 heterocycles. The maximum absolute atomic E-state index is 8.88. The zero-order chi connectivity index (χ0) is 15.4. The highest BCUT2D eigenvalue weighted by molar-refractivity contribution is 5.32. The van der Waals surface area contributed by atoms with E-state index >= 15 is 0 Å². The molecule has 22 heavy (non-hydrogen) atoms. The molecule has 0 aromatic heterocycles. The zero-order valence-corrected chi connectivity index (χ0v) is 12.8. The average Bonchev–Trinajstić information content (AvgIpc) is 3.04. The maximum atomic E-state index is 8.88. The van der Waals surface area contributed by atoms with E-state index in [1.165, 1.54) is 24.0 Å². The Balaban J connectivity index is 1.73. The molecule has 2 aromatic carbocycles. The normalized spacial score (nSPS) is 18.1. The third-order valence-electron chi connectivity index (χ3n) is 4.33. The topological polar surface area (TPSA) is 36.3 Å². The second kappa shape index (κ2) is 6.64. The molecule has 1 unspecified atom stereocenters. The first-order valence-corrected chi connectivity index (χ1v) is 7.67. The Morgan fingerprint density at radius 1 is 1.14 bits per heavy atom. The summed E-state index contributed by atoms with van der Waals surface area (Å²) in [6.07, 6.45) is 2.43. The molecule has 1 atom stereocenters. The molecule has 1 aliphatic rings. The second-order valence-corrected chi connectivity index (χ2v) is 5.71. The van der Waals surface area contributed by atoms with Crippen LogP contribution in [0.15, 0.2) is 48.5 Å². The van der Waals surface area contributed by atoms with E-state index < -0.39 is 0 Å². The van der Waals surface area contributed by atoms with Crippen LogP contribution in [-0.2, 0) is 6.54 Å². The van der Waals surface area contributed by atoms with Crippen molar-refractivity contribution in [3.63, 3.8) is 0 Å². The highest BCUT2D eigenvalue weighted by atomic mass is 16.5. The third-order valence-corrected chi connectivity index (χ3v) is 4.33. The molecule has 0 amide bonds. The molecule has 0 bridgehead atoms. The molecule has 0 aliphatic carbocycles. The number of ether oxygens (including phenoxy) is 1. The SMILES string of the molecule is COc1ccc(C2CCCN2Cc2ccc(C#N)cc2)cc1. The minimum atomic E-state index is 0.474. The Kier molecular flexibility index (Phi) is 4.41. The highest BCUT2D eigenvalue weighted by Gasteiger charge is 2.25. The van der Waals surface area contributed by atoms with Gasteiger partial charge in [0.15, 0.2) is 0 Å². The van der Waals surface area contributed by atoms with Crippen LogP contribution < -0.4 is 4.74 Å². The fourth-order valence-corrected chi connectivity index (χ4v) is 3.14. The standard InChI is InChI=1S/C19H20N2O/c1-22-18-10-8-17(9-11-18)19-3-2-12-21(19)14-16-6-4-15(13-20)5-7-16/h4-11,19H,2-3,12,14H2,1H3. The molecule has 1 fully saturated rings. The number of nitrogens with zero attached hydrogens (tertiary/aromatic N) is 2. The van der Waals surface area contributed by atoms with Crippen molar-refractivity contribution < 1.29 is 4.74 Å². The fourth-order valence-electron chi connectivity index (χ4n) is 3.14. The monoisotopic (exact) mass is 292 g/mol. The van der Waals surface area contributed by atoms with Crippen molar-refractivity contribution in [2.45, 2.75) is 25.4 Å². The molecular formula is C19H20N2O. The van der Waals surface area contributed by atoms with Crippen molar-refractivity contribution in [1.29, 1.82) is 5.26 Å². The van der Waals surface area contributed by atoms with Crippen LogP contribution in [0.5, 0.6) is 5.75 Å². The van der Waals surface area contributed by atoms with Crippen molar-refractivity contribution in [3.8, 4) is 11.8 Å². The fraction of sp³-hybridized carbons (Fsp3) is 0.316. The van der Waals surface area contributed by atoms with E-state index in [0.717, 1.165) is 24.4 Å². The zero-order valence-electron chi connectivity index (χ0n) is 12.8. The lowest BCUT2D eigenvalue weighted by atomic mass is 10.0. The van der Waals surface area contributed by atoms with Crippen molar-refractivity contribution in [2.75, 3.05) is 13.7 Å². The second-order valence-electron chi connectivity index (χ2n) is 5.71. The number of methoxy groups -OCH3 is 1. The first kappa shape index (κ1) is 14.6. The van der Waals surface area contributed by atoms with Gasteiger partial charge < -0.3 is 4.74 Å². The Morgan fingerprint density at radius 2 is 1.86 bits per heavy atom. The summed E-state index contributed by atoms with van der Waals surface area (Å²) in [7, 11) is 1.70. The van der Waals surface area contributed by atoms with Crippen LogP contribution in [0.4, 0.5) is 0 Å². The predicted octanol–water partition coefficient (Wildman–Crippen LogP) is 3.90. The summed E-state index contributed by atoms with van der Waals surface area (Å²) in [4.78, 5) is 2.52. The maximum Gasteiger partial charge on any atom is 0.118 e. The highest BCUT2D eigenvalue weighted by Crippen LogP contribution is 2.33. The van der Waals surface area contributed by atoms with Gasteiger partial charge in [0, 0.05) is 12.6 Å². The summed E-state index contributed by atoms with van der Waals surface area (Å²) >= 11 is 0. The molecule has 3 heteroatoms. The molecule has 3 nitrogen and oxygen atoms in total. The Morgan fingerprint density at radius 3 is 2.50 bits per heavy atom. The molecule has 0 radical (unpaired) electrons. The summed E-state index contributed by atoms with van der Waals surface area (Å²) < 4.78 is 5.24. The number of rotatable bonds is 4. The van der Waals surface area contributed by atoms with Gasteiger partial charge in [0.2, 0.25) is 0 Å². The minimum Gasteiger partial charge on any atom is -0.497 e. The van der Waals surface area contributed by atoms with E-state index in [4.69, 9.17) is 10.00 Å². The molecule has 1 saturated heterocycles. The summed E-state index contributed by atoms with van der Waals surface area (Å²) in [5.74, 6) is 0.903. The van der Waals surface area contributed by atoms with E-state index in [2.05, 4.69) is 35.2 Å². The van der Waals surface area contributed by atoms with E-state index in [0.29, 0.717) is 6.04 Å². The lowest BCUT2D eigenvalue weighted by Gasteiger charge is -2.25. The predicted molar refractivity (Wildman–Crippen MR) is 86.5 cm³/mol. The van der Waals surface area contributed by atoms with Gasteiger partial charge in [-0.2, -0.15) is 5.26 Å². The van der Waals surface area contributed by atoms with E-state index in [-0.39, 0.29) is 0 Å². The van der Waals surface area contributed by atoms with E-state index in [1.807, 2.05) is 24.3 Å². The Hall–Kier alpha value is -2.31. The molecule has 0 saturated carbocycles. The first-order chi connectivity index (χ1) is 10.8. The van der Waals surface area contributed by atoms with Gasteiger partial charge in [-0.25, -0.2) is 0 Å². The molecule has 0 N–H and O–H groups in total. The van der Waals surface area contributed by atoms with Gasteiger partial charge in [-0.1, -0.05) is 24.3 Å². The van der Waals surface area contributed by atoms with Crippen LogP contribution in [0, 0.1) is 11.3 Å². The van der Waals surface area contributed by atoms with Crippen molar-refractivity contribution in [3.05, 3.63) is 65.2 Å². The van der Waals surface area contributed by atoms with Crippen LogP contribution in [0.2, 0.25) is 0 Å². The van der Waals surface area contributed by atoms with Crippen molar-refractivity contribution >= 4 is 0 Å². The molecule has 2 aromatic rings. The van der Waals surface area contributed by atoms with Gasteiger partial charge in [0.25, 0.3) is 0 Å². The number of nitriles is 1. The largest absolute Gasteiger partial charge is 0.497 e. The molecule has 0 spiro atoms. The quantitative estimate of drug-likeness (QED) is 0.857. The molecule has 1 aliphatic heterocycles. The smallest absolute Gasteiger partial charge is 0.118 e. The van der Waals surface area contributed by atoms with Gasteiger partial charge in [-0.3, -0.25) is 4.90 Å². The van der Waals surface area contributed by atoms with E-state index in [9.17, 15) is 0 Å². The van der Waals surface area contributed by atoms with Crippen LogP contribution in [-0.4, -0.2) is 18.6 Å². The van der Waals surface area contributed by atoms with Crippen LogP contribution in [0.1, 0.15) is 35.6 Å². The summed E-state index contributed by atoms with van der Waals surface area (Å²) in [6, 6.07) is 19.0. The summed E-state index contributed by atoms with van der Waals surface area (Å²) in [6.45, 7) is 2.05. The molecule has 112 valence electrons. The van der Waals surface area contributed by atoms with Crippen molar-refractivity contribution in [2.24, 2.45) is 0 Å². The lowest BCUT2D eigenvalue weighted by Crippen LogP contribution is -2.22. The number of benzene rings is 2. The number of likely N-dealkylation sites (tertiary alicyclic amines) is 1. The third kappa shape index (κ3) is 3.13. The van der Waals surface area contributed by atoms with Gasteiger partial charge >= 0.3 is 0 Å². The number of hydrogen-bond donors (Lipinski definition) is 0. The minimum absolute atomic E-state index is 0.474. The van der Waals surface area contributed by atoms with E-state index in [1.54, 1.807) is 7.11 Å². The lowest BCUT2D eigenvalue weighted by molar-refractivity contribution is 0.248. The van der Waals surface area contributed by atoms with Gasteiger partial charge in [-0.05, 0) is 54.8 Å². The summed E-state index contributed by atoms with van der Waals surface area (Å²) in [5, 5.41) is 8.88.